The van der Waals surface area contributed by atoms with Gasteiger partial charge in [-0.15, -0.1) is 0 Å². The maximum Gasteiger partial charge on any atom is 0.271 e. The van der Waals surface area contributed by atoms with Gasteiger partial charge in [0, 0.05) is 29.6 Å². The fourth-order valence-corrected chi connectivity index (χ4v) is 1.51. The number of hydrogen-bond acceptors (Lipinski definition) is 5. The number of rotatable bonds is 3. The van der Waals surface area contributed by atoms with Crippen molar-refractivity contribution in [3.63, 3.8) is 0 Å². The van der Waals surface area contributed by atoms with E-state index < -0.39 is 4.92 Å². The minimum atomic E-state index is -0.453. The molecule has 106 valence electrons. The average molecular weight is 295 g/mol. The molecule has 0 fully saturated rings. The second-order valence-electron chi connectivity index (χ2n) is 3.60. The van der Waals surface area contributed by atoms with Crippen molar-refractivity contribution in [3.05, 3.63) is 51.4 Å². The van der Waals surface area contributed by atoms with Gasteiger partial charge in [-0.2, -0.15) is 0 Å². The van der Waals surface area contributed by atoms with Crippen LogP contribution in [0.25, 0.3) is 0 Å². The molecule has 1 heterocycles. The molecular weight excluding hydrogens is 280 g/mol. The number of benzene rings is 1. The van der Waals surface area contributed by atoms with Gasteiger partial charge in [-0.25, -0.2) is 9.97 Å². The van der Waals surface area contributed by atoms with E-state index in [0.29, 0.717) is 11.5 Å². The summed E-state index contributed by atoms with van der Waals surface area (Å²) >= 11 is 5.69. The second kappa shape index (κ2) is 7.40. The van der Waals surface area contributed by atoms with E-state index in [1.165, 1.54) is 12.1 Å². The summed E-state index contributed by atoms with van der Waals surface area (Å²) in [5.74, 6) is 0.524. The van der Waals surface area contributed by atoms with Crippen molar-refractivity contribution in [1.29, 1.82) is 0 Å². The average Bonchev–Trinajstić information content (AvgIpc) is 2.45. The smallest absolute Gasteiger partial charge is 0.271 e. The first-order valence-corrected chi connectivity index (χ1v) is 6.44. The molecular formula is C13H15ClN4O2. The van der Waals surface area contributed by atoms with E-state index in [0.717, 1.165) is 5.56 Å². The molecule has 0 aliphatic heterocycles. The largest absolute Gasteiger partial charge is 0.340 e. The fraction of sp³-hybridized carbons (Fsp3) is 0.231. The lowest BCUT2D eigenvalue weighted by Crippen LogP contribution is -1.98. The first-order valence-electron chi connectivity index (χ1n) is 6.07. The summed E-state index contributed by atoms with van der Waals surface area (Å²) in [6, 6.07) is 6.15. The minimum absolute atomic E-state index is 0.0119. The van der Waals surface area contributed by atoms with Crippen LogP contribution in [-0.2, 0) is 0 Å². The molecule has 0 saturated carbocycles. The van der Waals surface area contributed by atoms with E-state index in [1.807, 2.05) is 20.8 Å². The zero-order chi connectivity index (χ0) is 15.1. The van der Waals surface area contributed by atoms with Crippen LogP contribution >= 0.6 is 11.6 Å². The summed E-state index contributed by atoms with van der Waals surface area (Å²) in [6.07, 6.45) is 1.58. The van der Waals surface area contributed by atoms with Crippen LogP contribution in [0.1, 0.15) is 19.4 Å². The van der Waals surface area contributed by atoms with Crippen LogP contribution in [0.3, 0.4) is 0 Å². The van der Waals surface area contributed by atoms with E-state index in [9.17, 15) is 10.1 Å². The molecule has 0 aliphatic rings. The van der Waals surface area contributed by atoms with Gasteiger partial charge in [-0.3, -0.25) is 10.1 Å². The topological polar surface area (TPSA) is 81.0 Å². The SMILES string of the molecule is CC.Cc1cnc(Cl)nc1Nc1cccc([N+](=O)[O-])c1. The van der Waals surface area contributed by atoms with Gasteiger partial charge in [0.1, 0.15) is 5.82 Å². The monoisotopic (exact) mass is 294 g/mol. The normalized spacial score (nSPS) is 9.40. The zero-order valence-electron chi connectivity index (χ0n) is 11.4. The number of non-ortho nitro benzene ring substituents is 1. The van der Waals surface area contributed by atoms with Crippen LogP contribution in [0.15, 0.2) is 30.5 Å². The Bertz CT molecular complexity index is 605. The van der Waals surface area contributed by atoms with Crippen LogP contribution in [0.2, 0.25) is 5.28 Å². The number of hydrogen-bond donors (Lipinski definition) is 1. The summed E-state index contributed by atoms with van der Waals surface area (Å²) in [4.78, 5) is 18.1. The third kappa shape index (κ3) is 4.17. The lowest BCUT2D eigenvalue weighted by Gasteiger charge is -2.07. The maximum absolute atomic E-state index is 10.7. The molecule has 7 heteroatoms. The first kappa shape index (κ1) is 15.8. The van der Waals surface area contributed by atoms with Crippen LogP contribution in [0.5, 0.6) is 0 Å². The molecule has 1 aromatic heterocycles. The Morgan fingerprint density at radius 3 is 2.70 bits per heavy atom. The molecule has 0 radical (unpaired) electrons. The van der Waals surface area contributed by atoms with E-state index in [-0.39, 0.29) is 11.0 Å². The molecule has 0 aliphatic carbocycles. The number of halogens is 1. The van der Waals surface area contributed by atoms with Crippen LogP contribution in [-0.4, -0.2) is 14.9 Å². The lowest BCUT2D eigenvalue weighted by molar-refractivity contribution is -0.384. The first-order chi connectivity index (χ1) is 9.56. The summed E-state index contributed by atoms with van der Waals surface area (Å²) in [5.41, 5.74) is 1.38. The standard InChI is InChI=1S/C11H9ClN4O2.C2H6/c1-7-6-13-11(12)15-10(7)14-8-3-2-4-9(5-8)16(17)18;1-2/h2-6H,1H3,(H,13,14,15);1-2H3. The lowest BCUT2D eigenvalue weighted by atomic mass is 10.2. The van der Waals surface area contributed by atoms with Crippen molar-refractivity contribution in [1.82, 2.24) is 9.97 Å². The third-order valence-electron chi connectivity index (χ3n) is 2.26. The van der Waals surface area contributed by atoms with Crippen LogP contribution in [0.4, 0.5) is 17.2 Å². The Balaban J connectivity index is 0.000000956. The highest BCUT2D eigenvalue weighted by Crippen LogP contribution is 2.22. The second-order valence-corrected chi connectivity index (χ2v) is 3.94. The van der Waals surface area contributed by atoms with Gasteiger partial charge in [0.25, 0.3) is 5.69 Å². The Morgan fingerprint density at radius 2 is 2.05 bits per heavy atom. The maximum atomic E-state index is 10.7. The van der Waals surface area contributed by atoms with Crippen molar-refractivity contribution in [2.24, 2.45) is 0 Å². The van der Waals surface area contributed by atoms with Crippen LogP contribution < -0.4 is 5.32 Å². The molecule has 0 unspecified atom stereocenters. The highest BCUT2D eigenvalue weighted by molar-refractivity contribution is 6.28. The van der Waals surface area contributed by atoms with Crippen molar-refractivity contribution in [2.75, 3.05) is 5.32 Å². The molecule has 1 N–H and O–H groups in total. The van der Waals surface area contributed by atoms with E-state index in [4.69, 9.17) is 11.6 Å². The van der Waals surface area contributed by atoms with Gasteiger partial charge in [0.2, 0.25) is 5.28 Å². The number of aromatic nitrogens is 2. The van der Waals surface area contributed by atoms with Crippen molar-refractivity contribution in [3.8, 4) is 0 Å². The number of nitro benzene ring substituents is 1. The summed E-state index contributed by atoms with van der Waals surface area (Å²) in [7, 11) is 0. The molecule has 1 aromatic carbocycles. The molecule has 0 spiro atoms. The predicted molar refractivity (Wildman–Crippen MR) is 79.5 cm³/mol. The summed E-state index contributed by atoms with van der Waals surface area (Å²) in [5, 5.41) is 13.7. The van der Waals surface area contributed by atoms with Crippen molar-refractivity contribution < 1.29 is 4.92 Å². The molecule has 0 bridgehead atoms. The van der Waals surface area contributed by atoms with Gasteiger partial charge in [0.05, 0.1) is 4.92 Å². The molecule has 6 nitrogen and oxygen atoms in total. The van der Waals surface area contributed by atoms with Gasteiger partial charge in [-0.1, -0.05) is 19.9 Å². The summed E-state index contributed by atoms with van der Waals surface area (Å²) < 4.78 is 0. The van der Waals surface area contributed by atoms with E-state index >= 15 is 0 Å². The summed E-state index contributed by atoms with van der Waals surface area (Å²) in [6.45, 7) is 5.82. The quantitative estimate of drug-likeness (QED) is 0.523. The molecule has 0 atom stereocenters. The molecule has 20 heavy (non-hydrogen) atoms. The number of anilines is 2. The highest BCUT2D eigenvalue weighted by Gasteiger charge is 2.07. The number of aryl methyl sites for hydroxylation is 1. The zero-order valence-corrected chi connectivity index (χ0v) is 12.2. The van der Waals surface area contributed by atoms with Gasteiger partial charge < -0.3 is 5.32 Å². The van der Waals surface area contributed by atoms with Crippen molar-refractivity contribution in [2.45, 2.75) is 20.8 Å². The molecule has 0 amide bonds. The molecule has 0 saturated heterocycles. The number of nitro groups is 1. The van der Waals surface area contributed by atoms with E-state index in [1.54, 1.807) is 18.3 Å². The van der Waals surface area contributed by atoms with Crippen molar-refractivity contribution >= 4 is 28.8 Å². The Morgan fingerprint density at radius 1 is 1.35 bits per heavy atom. The van der Waals surface area contributed by atoms with Gasteiger partial charge in [-0.05, 0) is 24.6 Å². The van der Waals surface area contributed by atoms with Crippen LogP contribution in [0, 0.1) is 17.0 Å². The Labute approximate surface area is 122 Å². The number of nitrogens with zero attached hydrogens (tertiary/aromatic N) is 3. The predicted octanol–water partition coefficient (Wildman–Crippen LogP) is 4.12. The van der Waals surface area contributed by atoms with E-state index in [2.05, 4.69) is 15.3 Å². The van der Waals surface area contributed by atoms with Gasteiger partial charge >= 0.3 is 0 Å². The molecule has 2 rings (SSSR count). The highest BCUT2D eigenvalue weighted by atomic mass is 35.5. The molecule has 2 aromatic rings. The fourth-order valence-electron chi connectivity index (χ4n) is 1.38. The Hall–Kier alpha value is -2.21. The van der Waals surface area contributed by atoms with Gasteiger partial charge in [0.15, 0.2) is 0 Å². The third-order valence-corrected chi connectivity index (χ3v) is 2.44. The minimum Gasteiger partial charge on any atom is -0.340 e. The number of nitrogens with one attached hydrogen (secondary N) is 1. The Kier molecular flexibility index (Phi) is 5.86.